The molecule has 2 N–H and O–H groups in total. The summed E-state index contributed by atoms with van der Waals surface area (Å²) in [6.07, 6.45) is 7.05. The van der Waals surface area contributed by atoms with Crippen molar-refractivity contribution >= 4 is 28.9 Å². The van der Waals surface area contributed by atoms with Gasteiger partial charge in [-0.2, -0.15) is 0 Å². The molecular formula is C31H42N4O4S. The molecule has 40 heavy (non-hydrogen) atoms. The van der Waals surface area contributed by atoms with Crippen LogP contribution >= 0.6 is 0 Å². The number of carbonyl (C=O) groups is 2. The largest absolute Gasteiger partial charge is 0.465 e. The van der Waals surface area contributed by atoms with Crippen LogP contribution < -0.4 is 10.6 Å². The average Bonchev–Trinajstić information content (AvgIpc) is 3.01. The van der Waals surface area contributed by atoms with Crippen LogP contribution in [0.5, 0.6) is 0 Å². The van der Waals surface area contributed by atoms with Gasteiger partial charge < -0.3 is 20.3 Å². The first-order valence-corrected chi connectivity index (χ1v) is 15.7. The van der Waals surface area contributed by atoms with E-state index in [2.05, 4.69) is 32.3 Å². The molecule has 8 nitrogen and oxygen atoms in total. The number of ether oxygens (including phenoxy) is 1. The quantitative estimate of drug-likeness (QED) is 0.383. The summed E-state index contributed by atoms with van der Waals surface area (Å²) in [6.45, 7) is 6.82. The molecule has 3 saturated heterocycles. The summed E-state index contributed by atoms with van der Waals surface area (Å²) >= 11 is 0. The van der Waals surface area contributed by atoms with Crippen LogP contribution in [0.4, 0.5) is 5.69 Å². The van der Waals surface area contributed by atoms with Crippen molar-refractivity contribution in [2.45, 2.75) is 55.4 Å². The van der Waals surface area contributed by atoms with E-state index in [1.807, 2.05) is 12.1 Å². The number of anilines is 1. The lowest BCUT2D eigenvalue weighted by Crippen LogP contribution is -2.41. The molecule has 0 aliphatic carbocycles. The molecule has 9 heteroatoms. The summed E-state index contributed by atoms with van der Waals surface area (Å²) in [6, 6.07) is 14.1. The van der Waals surface area contributed by atoms with Crippen LogP contribution in [0.25, 0.3) is 0 Å². The van der Waals surface area contributed by atoms with E-state index in [1.165, 1.54) is 12.7 Å². The zero-order valence-electron chi connectivity index (χ0n) is 23.5. The predicted octanol–water partition coefficient (Wildman–Crippen LogP) is 3.83. The maximum Gasteiger partial charge on any atom is 0.338 e. The molecule has 0 bridgehead atoms. The summed E-state index contributed by atoms with van der Waals surface area (Å²) in [4.78, 5) is 29.3. The fraction of sp³-hybridized carbons (Fsp3) is 0.548. The summed E-state index contributed by atoms with van der Waals surface area (Å²) in [5.74, 6) is 0.697. The van der Waals surface area contributed by atoms with Crippen molar-refractivity contribution < 1.29 is 18.5 Å². The molecule has 0 radical (unpaired) electrons. The maximum absolute atomic E-state index is 13.2. The first-order chi connectivity index (χ1) is 19.4. The van der Waals surface area contributed by atoms with Crippen LogP contribution in [-0.2, 0) is 15.7 Å². The zero-order chi connectivity index (χ0) is 28.1. The molecule has 2 aromatic rings. The SMILES string of the molecule is COC(=O)c1ccc(N2CCC(CN3CCC(c4cccc(S(=O)N5CCC(N)CC5)c4)CC3)CC2)cc1C=O. The van der Waals surface area contributed by atoms with Gasteiger partial charge in [0.2, 0.25) is 0 Å². The Morgan fingerprint density at radius 3 is 2.38 bits per heavy atom. The van der Waals surface area contributed by atoms with Crippen molar-refractivity contribution in [3.05, 3.63) is 59.2 Å². The Hall–Kier alpha value is -2.59. The van der Waals surface area contributed by atoms with Crippen molar-refractivity contribution in [1.29, 1.82) is 0 Å². The van der Waals surface area contributed by atoms with Gasteiger partial charge in [-0.05, 0) is 99.3 Å². The highest BCUT2D eigenvalue weighted by Gasteiger charge is 2.27. The second-order valence-electron chi connectivity index (χ2n) is 11.5. The average molecular weight is 567 g/mol. The van der Waals surface area contributed by atoms with Gasteiger partial charge in [0.25, 0.3) is 0 Å². The monoisotopic (exact) mass is 566 g/mol. The molecule has 3 heterocycles. The standard InChI is InChI=1S/C31H42N4O4S/c1-39-31(37)30-6-5-28(19-26(30)22-36)34-15-7-23(8-16-34)21-33-13-9-24(10-14-33)25-3-2-4-29(20-25)40(38)35-17-11-27(32)12-18-35/h2-6,19-20,22-24,27H,7-18,21,32H2,1H3. The molecule has 5 rings (SSSR count). The van der Waals surface area contributed by atoms with Gasteiger partial charge in [0, 0.05) is 50.0 Å². The van der Waals surface area contributed by atoms with Gasteiger partial charge in [-0.25, -0.2) is 13.3 Å². The minimum atomic E-state index is -1.11. The van der Waals surface area contributed by atoms with Crippen LogP contribution in [-0.4, -0.2) is 84.6 Å². The fourth-order valence-corrected chi connectivity index (χ4v) is 7.67. The van der Waals surface area contributed by atoms with E-state index in [9.17, 15) is 13.8 Å². The fourth-order valence-electron chi connectivity index (χ4n) is 6.40. The molecule has 3 aliphatic rings. The van der Waals surface area contributed by atoms with E-state index >= 15 is 0 Å². The summed E-state index contributed by atoms with van der Waals surface area (Å²) in [5.41, 5.74) is 9.03. The van der Waals surface area contributed by atoms with Crippen molar-refractivity contribution in [2.75, 3.05) is 57.8 Å². The normalized spacial score (nSPS) is 21.3. The molecule has 0 amide bonds. The Labute approximate surface area is 240 Å². The summed E-state index contributed by atoms with van der Waals surface area (Å²) in [7, 11) is 0.218. The minimum absolute atomic E-state index is 0.237. The molecule has 0 saturated carbocycles. The second-order valence-corrected chi connectivity index (χ2v) is 13.0. The van der Waals surface area contributed by atoms with Crippen molar-refractivity contribution in [3.63, 3.8) is 0 Å². The van der Waals surface area contributed by atoms with Gasteiger partial charge in [-0.3, -0.25) is 4.79 Å². The van der Waals surface area contributed by atoms with Gasteiger partial charge in [0.1, 0.15) is 11.0 Å². The molecule has 0 aromatic heterocycles. The number of hydrogen-bond donors (Lipinski definition) is 1. The lowest BCUT2D eigenvalue weighted by molar-refractivity contribution is 0.0598. The van der Waals surface area contributed by atoms with Crippen molar-refractivity contribution in [3.8, 4) is 0 Å². The number of rotatable bonds is 8. The van der Waals surface area contributed by atoms with Gasteiger partial charge >= 0.3 is 5.97 Å². The van der Waals surface area contributed by atoms with Crippen molar-refractivity contribution in [1.82, 2.24) is 9.21 Å². The van der Waals surface area contributed by atoms with E-state index in [0.717, 1.165) is 101 Å². The smallest absolute Gasteiger partial charge is 0.338 e. The van der Waals surface area contributed by atoms with Gasteiger partial charge in [0.15, 0.2) is 6.29 Å². The Bertz CT molecular complexity index is 1200. The molecule has 2 aromatic carbocycles. The topological polar surface area (TPSA) is 96.2 Å². The van der Waals surface area contributed by atoms with Crippen LogP contribution in [0, 0.1) is 5.92 Å². The second kappa shape index (κ2) is 13.4. The van der Waals surface area contributed by atoms with Gasteiger partial charge in [0.05, 0.1) is 17.6 Å². The van der Waals surface area contributed by atoms with E-state index in [0.29, 0.717) is 23.0 Å². The van der Waals surface area contributed by atoms with Crippen LogP contribution in [0.1, 0.15) is 70.7 Å². The number of likely N-dealkylation sites (tertiary alicyclic amines) is 1. The number of piperidine rings is 3. The van der Waals surface area contributed by atoms with Gasteiger partial charge in [-0.15, -0.1) is 0 Å². The molecule has 0 spiro atoms. The number of hydrogen-bond acceptors (Lipinski definition) is 7. The minimum Gasteiger partial charge on any atom is -0.465 e. The molecular weight excluding hydrogens is 524 g/mol. The molecule has 3 aliphatic heterocycles. The number of nitrogens with zero attached hydrogens (tertiary/aromatic N) is 3. The van der Waals surface area contributed by atoms with E-state index in [-0.39, 0.29) is 6.04 Å². The third-order valence-electron chi connectivity index (χ3n) is 8.92. The van der Waals surface area contributed by atoms with Crippen LogP contribution in [0.2, 0.25) is 0 Å². The number of benzene rings is 2. The van der Waals surface area contributed by atoms with E-state index < -0.39 is 17.0 Å². The van der Waals surface area contributed by atoms with Crippen LogP contribution in [0.3, 0.4) is 0 Å². The van der Waals surface area contributed by atoms with E-state index in [1.54, 1.807) is 12.1 Å². The highest BCUT2D eigenvalue weighted by molar-refractivity contribution is 7.82. The van der Waals surface area contributed by atoms with E-state index in [4.69, 9.17) is 10.5 Å². The number of aldehydes is 1. The Morgan fingerprint density at radius 1 is 0.975 bits per heavy atom. The number of carbonyl (C=O) groups excluding carboxylic acids is 2. The first kappa shape index (κ1) is 28.9. The highest BCUT2D eigenvalue weighted by atomic mass is 32.2. The lowest BCUT2D eigenvalue weighted by Gasteiger charge is -2.38. The summed E-state index contributed by atoms with van der Waals surface area (Å²) < 4.78 is 20.0. The van der Waals surface area contributed by atoms with Crippen molar-refractivity contribution in [2.24, 2.45) is 11.7 Å². The molecule has 3 fully saturated rings. The Balaban J connectivity index is 1.09. The first-order valence-electron chi connectivity index (χ1n) is 14.6. The van der Waals surface area contributed by atoms with Crippen LogP contribution in [0.15, 0.2) is 47.4 Å². The molecule has 1 unspecified atom stereocenters. The van der Waals surface area contributed by atoms with Gasteiger partial charge in [-0.1, -0.05) is 12.1 Å². The predicted molar refractivity (Wildman–Crippen MR) is 158 cm³/mol. The summed E-state index contributed by atoms with van der Waals surface area (Å²) in [5, 5.41) is 0. The third-order valence-corrected chi connectivity index (χ3v) is 10.4. The molecule has 1 atom stereocenters. The lowest BCUT2D eigenvalue weighted by atomic mass is 9.88. The maximum atomic E-state index is 13.2. The highest BCUT2D eigenvalue weighted by Crippen LogP contribution is 2.32. The number of esters is 1. The number of methoxy groups -OCH3 is 1. The zero-order valence-corrected chi connectivity index (χ0v) is 24.3. The Morgan fingerprint density at radius 2 is 1.70 bits per heavy atom. The molecule has 216 valence electrons. The third kappa shape index (κ3) is 6.82. The Kier molecular flexibility index (Phi) is 9.68. The number of nitrogens with two attached hydrogens (primary N) is 1.